The molecule has 142 valence electrons. The van der Waals surface area contributed by atoms with Gasteiger partial charge >= 0.3 is 5.97 Å². The van der Waals surface area contributed by atoms with Crippen LogP contribution in [0.3, 0.4) is 0 Å². The Balaban J connectivity index is 2.41. The molecule has 0 N–H and O–H groups in total. The van der Waals surface area contributed by atoms with Gasteiger partial charge in [0.15, 0.2) is 0 Å². The molecule has 0 bridgehead atoms. The average Bonchev–Trinajstić information content (AvgIpc) is 2.67. The van der Waals surface area contributed by atoms with E-state index in [1.54, 1.807) is 30.3 Å². The molecule has 0 radical (unpaired) electrons. The molecule has 0 fully saturated rings. The fourth-order valence-electron chi connectivity index (χ4n) is 2.59. The van der Waals surface area contributed by atoms with Gasteiger partial charge in [0.2, 0.25) is 6.10 Å². The molecule has 0 aliphatic heterocycles. The Hall–Kier alpha value is -2.93. The molecule has 0 saturated carbocycles. The molecule has 2 rings (SSSR count). The van der Waals surface area contributed by atoms with E-state index in [1.165, 1.54) is 11.0 Å². The van der Waals surface area contributed by atoms with E-state index in [2.05, 4.69) is 0 Å². The van der Waals surface area contributed by atoms with Crippen molar-refractivity contribution in [2.75, 3.05) is 13.1 Å². The summed E-state index contributed by atoms with van der Waals surface area (Å²) in [5.41, 5.74) is -0.264. The van der Waals surface area contributed by atoms with E-state index < -0.39 is 28.6 Å². The second-order valence-electron chi connectivity index (χ2n) is 5.63. The van der Waals surface area contributed by atoms with Crippen molar-refractivity contribution in [1.29, 1.82) is 0 Å². The van der Waals surface area contributed by atoms with E-state index in [0.29, 0.717) is 18.7 Å². The molecule has 1 atom stereocenters. The largest absolute Gasteiger partial charge is 0.443 e. The van der Waals surface area contributed by atoms with E-state index in [4.69, 9.17) is 16.3 Å². The average molecular weight is 391 g/mol. The van der Waals surface area contributed by atoms with Gasteiger partial charge in [-0.3, -0.25) is 14.9 Å². The van der Waals surface area contributed by atoms with E-state index in [1.807, 2.05) is 13.8 Å². The molecule has 7 nitrogen and oxygen atoms in total. The number of benzene rings is 2. The third-order valence-electron chi connectivity index (χ3n) is 4.00. The lowest BCUT2D eigenvalue weighted by Gasteiger charge is -2.25. The van der Waals surface area contributed by atoms with Crippen LogP contribution in [0.15, 0.2) is 48.5 Å². The second-order valence-corrected chi connectivity index (χ2v) is 6.06. The number of carbonyl (C=O) groups excluding carboxylic acids is 2. The van der Waals surface area contributed by atoms with Crippen LogP contribution < -0.4 is 0 Å². The summed E-state index contributed by atoms with van der Waals surface area (Å²) in [6.07, 6.45) is -1.21. The number of rotatable bonds is 7. The number of likely N-dealkylation sites (N-methyl/N-ethyl adjacent to an activating group) is 1. The number of carbonyl (C=O) groups is 2. The van der Waals surface area contributed by atoms with Crippen molar-refractivity contribution in [3.63, 3.8) is 0 Å². The van der Waals surface area contributed by atoms with Crippen LogP contribution in [-0.2, 0) is 9.53 Å². The number of nitro groups is 1. The fourth-order valence-corrected chi connectivity index (χ4v) is 2.76. The van der Waals surface area contributed by atoms with E-state index in [-0.39, 0.29) is 10.6 Å². The van der Waals surface area contributed by atoms with Gasteiger partial charge in [0.1, 0.15) is 5.56 Å². The zero-order valence-corrected chi connectivity index (χ0v) is 15.7. The van der Waals surface area contributed by atoms with Gasteiger partial charge in [-0.15, -0.1) is 0 Å². The van der Waals surface area contributed by atoms with Crippen LogP contribution in [0, 0.1) is 10.1 Å². The minimum atomic E-state index is -1.21. The highest BCUT2D eigenvalue weighted by Gasteiger charge is 2.31. The van der Waals surface area contributed by atoms with Gasteiger partial charge in [0.25, 0.3) is 11.6 Å². The summed E-state index contributed by atoms with van der Waals surface area (Å²) in [6, 6.07) is 12.1. The highest BCUT2D eigenvalue weighted by atomic mass is 35.5. The van der Waals surface area contributed by atoms with Gasteiger partial charge in [-0.2, -0.15) is 0 Å². The Morgan fingerprint density at radius 1 is 1.15 bits per heavy atom. The third kappa shape index (κ3) is 4.83. The lowest BCUT2D eigenvalue weighted by atomic mass is 10.1. The van der Waals surface area contributed by atoms with Crippen LogP contribution in [0.2, 0.25) is 5.02 Å². The summed E-state index contributed by atoms with van der Waals surface area (Å²) < 4.78 is 5.42. The molecular formula is C19H19ClN2O5. The Morgan fingerprint density at radius 3 is 2.33 bits per heavy atom. The standard InChI is InChI=1S/C19H19ClN2O5/c1-3-21(4-2)18(23)17(13-8-6-5-7-9-13)27-19(24)15-12-14(20)10-11-16(15)22(25)26/h5-12,17H,3-4H2,1-2H3/t17-/m0/s1. The highest BCUT2D eigenvalue weighted by Crippen LogP contribution is 2.27. The number of nitro benzene ring substituents is 1. The Morgan fingerprint density at radius 2 is 1.78 bits per heavy atom. The molecule has 0 heterocycles. The lowest BCUT2D eigenvalue weighted by molar-refractivity contribution is -0.385. The number of esters is 1. The molecule has 27 heavy (non-hydrogen) atoms. The lowest BCUT2D eigenvalue weighted by Crippen LogP contribution is -2.36. The third-order valence-corrected chi connectivity index (χ3v) is 4.24. The number of nitrogens with zero attached hydrogens (tertiary/aromatic N) is 2. The van der Waals surface area contributed by atoms with Crippen LogP contribution in [0.4, 0.5) is 5.69 Å². The molecule has 0 aliphatic rings. The van der Waals surface area contributed by atoms with Crippen LogP contribution in [0.25, 0.3) is 0 Å². The zero-order chi connectivity index (χ0) is 20.0. The topological polar surface area (TPSA) is 89.8 Å². The molecule has 0 spiro atoms. The van der Waals surface area contributed by atoms with Crippen molar-refractivity contribution in [3.8, 4) is 0 Å². The van der Waals surface area contributed by atoms with Crippen molar-refractivity contribution in [3.05, 3.63) is 74.8 Å². The van der Waals surface area contributed by atoms with Crippen molar-refractivity contribution in [2.45, 2.75) is 20.0 Å². The van der Waals surface area contributed by atoms with Crippen molar-refractivity contribution in [2.24, 2.45) is 0 Å². The molecule has 0 aromatic heterocycles. The maximum Gasteiger partial charge on any atom is 0.346 e. The molecule has 2 aromatic carbocycles. The van der Waals surface area contributed by atoms with Crippen LogP contribution in [0.5, 0.6) is 0 Å². The molecular weight excluding hydrogens is 372 g/mol. The maximum absolute atomic E-state index is 12.8. The Kier molecular flexibility index (Phi) is 6.90. The predicted molar refractivity (Wildman–Crippen MR) is 101 cm³/mol. The summed E-state index contributed by atoms with van der Waals surface area (Å²) in [6.45, 7) is 4.50. The van der Waals surface area contributed by atoms with Crippen molar-refractivity contribution in [1.82, 2.24) is 4.90 Å². The molecule has 2 aromatic rings. The smallest absolute Gasteiger partial charge is 0.346 e. The van der Waals surface area contributed by atoms with Crippen molar-refractivity contribution < 1.29 is 19.2 Å². The number of amides is 1. The first-order valence-corrected chi connectivity index (χ1v) is 8.75. The van der Waals surface area contributed by atoms with Gasteiger partial charge < -0.3 is 9.64 Å². The number of halogens is 1. The number of hydrogen-bond donors (Lipinski definition) is 0. The summed E-state index contributed by atoms with van der Waals surface area (Å²) >= 11 is 5.87. The van der Waals surface area contributed by atoms with Crippen LogP contribution >= 0.6 is 11.6 Å². The first-order chi connectivity index (χ1) is 12.9. The fraction of sp³-hybridized carbons (Fsp3) is 0.263. The second kappa shape index (κ2) is 9.14. The normalized spacial score (nSPS) is 11.5. The summed E-state index contributed by atoms with van der Waals surface area (Å²) in [7, 11) is 0. The first kappa shape index (κ1) is 20.4. The van der Waals surface area contributed by atoms with E-state index >= 15 is 0 Å². The minimum Gasteiger partial charge on any atom is -0.443 e. The molecule has 0 aliphatic carbocycles. The first-order valence-electron chi connectivity index (χ1n) is 8.37. The number of hydrogen-bond acceptors (Lipinski definition) is 5. The summed E-state index contributed by atoms with van der Waals surface area (Å²) in [5.74, 6) is -1.39. The van der Waals surface area contributed by atoms with Gasteiger partial charge in [-0.25, -0.2) is 4.79 Å². The molecule has 0 unspecified atom stereocenters. The van der Waals surface area contributed by atoms with Crippen LogP contribution in [0.1, 0.15) is 35.9 Å². The molecule has 8 heteroatoms. The maximum atomic E-state index is 12.8. The SMILES string of the molecule is CCN(CC)C(=O)[C@@H](OC(=O)c1cc(Cl)ccc1[N+](=O)[O-])c1ccccc1. The van der Waals surface area contributed by atoms with Gasteiger partial charge in [-0.1, -0.05) is 41.9 Å². The minimum absolute atomic E-state index is 0.152. The zero-order valence-electron chi connectivity index (χ0n) is 14.9. The summed E-state index contributed by atoms with van der Waals surface area (Å²) in [5, 5.41) is 11.4. The monoisotopic (exact) mass is 390 g/mol. The van der Waals surface area contributed by atoms with Crippen molar-refractivity contribution >= 4 is 29.2 Å². The predicted octanol–water partition coefficient (Wildman–Crippen LogP) is 4.01. The number of ether oxygens (including phenoxy) is 1. The Bertz CT molecular complexity index is 837. The van der Waals surface area contributed by atoms with Gasteiger partial charge in [0.05, 0.1) is 4.92 Å². The van der Waals surface area contributed by atoms with E-state index in [9.17, 15) is 19.7 Å². The molecule has 1 amide bonds. The van der Waals surface area contributed by atoms with Crippen LogP contribution in [-0.4, -0.2) is 34.8 Å². The Labute approximate surface area is 161 Å². The van der Waals surface area contributed by atoms with Gasteiger partial charge in [0, 0.05) is 29.7 Å². The quantitative estimate of drug-likeness (QED) is 0.404. The molecule has 0 saturated heterocycles. The van der Waals surface area contributed by atoms with E-state index in [0.717, 1.165) is 12.1 Å². The highest BCUT2D eigenvalue weighted by molar-refractivity contribution is 6.31. The van der Waals surface area contributed by atoms with Gasteiger partial charge in [-0.05, 0) is 26.0 Å². The summed E-state index contributed by atoms with van der Waals surface area (Å²) in [4.78, 5) is 37.5.